The number of ether oxygens (including phenoxy) is 3. The van der Waals surface area contributed by atoms with Crippen molar-refractivity contribution in [3.05, 3.63) is 86.6 Å². The Bertz CT molecular complexity index is 1330. The molecule has 0 aliphatic heterocycles. The van der Waals surface area contributed by atoms with Gasteiger partial charge in [-0.3, -0.25) is 0 Å². The van der Waals surface area contributed by atoms with E-state index < -0.39 is 0 Å². The standard InChI is InChI=1S/C25H25BrN4O3S/c1-16-8-10-17(11-9-16)15-33-23-19(20(26)12-13-22(23)32-3)14-27-30-24(28-29-25(30)34)18-6-4-5-7-21(18)31-2/h4-13,27H,14-15H2,1-3H3,(H,29,34). The minimum absolute atomic E-state index is 0.400. The number of aromatic amines is 1. The summed E-state index contributed by atoms with van der Waals surface area (Å²) < 4.78 is 20.4. The fourth-order valence-electron chi connectivity index (χ4n) is 3.52. The van der Waals surface area contributed by atoms with Gasteiger partial charge in [0.05, 0.1) is 26.3 Å². The number of hydrogen-bond donors (Lipinski definition) is 2. The third kappa shape index (κ3) is 5.10. The molecule has 4 aromatic rings. The van der Waals surface area contributed by atoms with Crippen molar-refractivity contribution in [1.29, 1.82) is 0 Å². The van der Waals surface area contributed by atoms with Crippen LogP contribution in [0.4, 0.5) is 0 Å². The van der Waals surface area contributed by atoms with Crippen LogP contribution in [0.1, 0.15) is 16.7 Å². The Morgan fingerprint density at radius 3 is 2.47 bits per heavy atom. The molecule has 0 atom stereocenters. The summed E-state index contributed by atoms with van der Waals surface area (Å²) >= 11 is 9.14. The van der Waals surface area contributed by atoms with Crippen LogP contribution >= 0.6 is 28.1 Å². The molecular weight excluding hydrogens is 516 g/mol. The smallest absolute Gasteiger partial charge is 0.214 e. The van der Waals surface area contributed by atoms with E-state index in [1.807, 2.05) is 36.4 Å². The summed E-state index contributed by atoms with van der Waals surface area (Å²) in [6, 6.07) is 19.7. The highest BCUT2D eigenvalue weighted by atomic mass is 79.9. The lowest BCUT2D eigenvalue weighted by Gasteiger charge is -2.18. The van der Waals surface area contributed by atoms with E-state index in [2.05, 4.69) is 62.7 Å². The molecule has 0 fully saturated rings. The van der Waals surface area contributed by atoms with Crippen LogP contribution in [0.5, 0.6) is 17.2 Å². The van der Waals surface area contributed by atoms with Gasteiger partial charge in [-0.15, -0.1) is 0 Å². The van der Waals surface area contributed by atoms with Crippen LogP contribution in [-0.4, -0.2) is 29.1 Å². The van der Waals surface area contributed by atoms with Crippen molar-refractivity contribution < 1.29 is 14.2 Å². The van der Waals surface area contributed by atoms with Crippen molar-refractivity contribution >= 4 is 28.1 Å². The van der Waals surface area contributed by atoms with Gasteiger partial charge in [0.2, 0.25) is 4.77 Å². The number of methoxy groups -OCH3 is 2. The number of rotatable bonds is 9. The fraction of sp³-hybridized carbons (Fsp3) is 0.200. The van der Waals surface area contributed by atoms with Crippen LogP contribution in [0.2, 0.25) is 0 Å². The second-order valence-electron chi connectivity index (χ2n) is 7.55. The third-order valence-corrected chi connectivity index (χ3v) is 6.34. The molecule has 176 valence electrons. The van der Waals surface area contributed by atoms with Gasteiger partial charge in [0, 0.05) is 10.0 Å². The average Bonchev–Trinajstić information content (AvgIpc) is 3.23. The summed E-state index contributed by atoms with van der Waals surface area (Å²) in [6.07, 6.45) is 0. The van der Waals surface area contributed by atoms with Crippen LogP contribution in [0.3, 0.4) is 0 Å². The Morgan fingerprint density at radius 1 is 1.00 bits per heavy atom. The monoisotopic (exact) mass is 540 g/mol. The Balaban J connectivity index is 1.63. The molecule has 0 unspecified atom stereocenters. The van der Waals surface area contributed by atoms with E-state index in [1.54, 1.807) is 18.9 Å². The summed E-state index contributed by atoms with van der Waals surface area (Å²) in [7, 11) is 3.26. The minimum Gasteiger partial charge on any atom is -0.496 e. The van der Waals surface area contributed by atoms with Gasteiger partial charge in [-0.2, -0.15) is 5.10 Å². The molecule has 0 bridgehead atoms. The predicted molar refractivity (Wildman–Crippen MR) is 139 cm³/mol. The zero-order valence-electron chi connectivity index (χ0n) is 19.1. The molecule has 0 amide bonds. The minimum atomic E-state index is 0.400. The molecule has 34 heavy (non-hydrogen) atoms. The van der Waals surface area contributed by atoms with E-state index in [0.717, 1.165) is 21.2 Å². The number of H-pyrrole nitrogens is 1. The highest BCUT2D eigenvalue weighted by Crippen LogP contribution is 2.37. The normalized spacial score (nSPS) is 10.7. The number of aromatic nitrogens is 3. The summed E-state index contributed by atoms with van der Waals surface area (Å²) in [4.78, 5) is 0. The van der Waals surface area contributed by atoms with Gasteiger partial charge in [-0.25, -0.2) is 9.77 Å². The van der Waals surface area contributed by atoms with Gasteiger partial charge in [0.25, 0.3) is 0 Å². The molecule has 1 aromatic heterocycles. The highest BCUT2D eigenvalue weighted by molar-refractivity contribution is 9.10. The molecule has 7 nitrogen and oxygen atoms in total. The lowest BCUT2D eigenvalue weighted by atomic mass is 10.1. The molecule has 1 heterocycles. The zero-order valence-corrected chi connectivity index (χ0v) is 21.5. The molecular formula is C25H25BrN4O3S. The fourth-order valence-corrected chi connectivity index (χ4v) is 4.17. The molecule has 0 saturated heterocycles. The topological polar surface area (TPSA) is 73.3 Å². The molecule has 9 heteroatoms. The number of nitrogens with zero attached hydrogens (tertiary/aromatic N) is 2. The first-order chi connectivity index (χ1) is 16.5. The first-order valence-electron chi connectivity index (χ1n) is 10.6. The van der Waals surface area contributed by atoms with Gasteiger partial charge in [0.15, 0.2) is 17.3 Å². The number of para-hydroxylation sites is 1. The molecule has 2 N–H and O–H groups in total. The molecule has 3 aromatic carbocycles. The lowest BCUT2D eigenvalue weighted by molar-refractivity contribution is 0.281. The maximum atomic E-state index is 6.24. The van der Waals surface area contributed by atoms with Crippen LogP contribution in [0.25, 0.3) is 11.4 Å². The van der Waals surface area contributed by atoms with Crippen LogP contribution in [0, 0.1) is 11.7 Å². The number of nitrogens with one attached hydrogen (secondary N) is 2. The number of halogens is 1. The van der Waals surface area contributed by atoms with Gasteiger partial charge < -0.3 is 19.6 Å². The lowest BCUT2D eigenvalue weighted by Crippen LogP contribution is -2.17. The zero-order chi connectivity index (χ0) is 24.1. The van der Waals surface area contributed by atoms with Crippen molar-refractivity contribution in [2.75, 3.05) is 19.6 Å². The Kier molecular flexibility index (Phi) is 7.54. The number of benzene rings is 3. The summed E-state index contributed by atoms with van der Waals surface area (Å²) in [5.74, 6) is 2.61. The van der Waals surface area contributed by atoms with Gasteiger partial charge in [0.1, 0.15) is 12.4 Å². The number of aryl methyl sites for hydroxylation is 1. The molecule has 0 saturated carbocycles. The largest absolute Gasteiger partial charge is 0.496 e. The maximum absolute atomic E-state index is 6.24. The van der Waals surface area contributed by atoms with E-state index in [9.17, 15) is 0 Å². The van der Waals surface area contributed by atoms with E-state index in [1.165, 1.54) is 5.56 Å². The molecule has 0 aliphatic rings. The predicted octanol–water partition coefficient (Wildman–Crippen LogP) is 6.02. The Morgan fingerprint density at radius 2 is 1.74 bits per heavy atom. The summed E-state index contributed by atoms with van der Waals surface area (Å²) in [6.45, 7) is 2.88. The van der Waals surface area contributed by atoms with Crippen LogP contribution < -0.4 is 19.6 Å². The molecule has 0 aliphatic carbocycles. The van der Waals surface area contributed by atoms with Crippen molar-refractivity contribution in [2.45, 2.75) is 20.1 Å². The highest BCUT2D eigenvalue weighted by Gasteiger charge is 2.18. The average molecular weight is 541 g/mol. The van der Waals surface area contributed by atoms with Crippen LogP contribution in [-0.2, 0) is 13.2 Å². The number of hydrogen-bond acceptors (Lipinski definition) is 6. The van der Waals surface area contributed by atoms with Gasteiger partial charge >= 0.3 is 0 Å². The summed E-state index contributed by atoms with van der Waals surface area (Å²) in [5, 5.41) is 7.26. The maximum Gasteiger partial charge on any atom is 0.214 e. The van der Waals surface area contributed by atoms with Crippen LogP contribution in [0.15, 0.2) is 65.1 Å². The van der Waals surface area contributed by atoms with E-state index in [4.69, 9.17) is 26.4 Å². The SMILES string of the molecule is COc1ccccc1-c1n[nH]c(=S)n1NCc1c(Br)ccc(OC)c1OCc1ccc(C)cc1. The Labute approximate surface area is 211 Å². The second-order valence-corrected chi connectivity index (χ2v) is 8.80. The molecule has 4 rings (SSSR count). The summed E-state index contributed by atoms with van der Waals surface area (Å²) in [5.41, 5.74) is 7.34. The molecule has 0 spiro atoms. The van der Waals surface area contributed by atoms with Crippen molar-refractivity contribution in [3.63, 3.8) is 0 Å². The van der Waals surface area contributed by atoms with E-state index in [0.29, 0.717) is 41.0 Å². The quantitative estimate of drug-likeness (QED) is 0.253. The second kappa shape index (κ2) is 10.8. The van der Waals surface area contributed by atoms with E-state index >= 15 is 0 Å². The van der Waals surface area contributed by atoms with Crippen molar-refractivity contribution in [1.82, 2.24) is 14.9 Å². The van der Waals surface area contributed by atoms with E-state index in [-0.39, 0.29) is 0 Å². The van der Waals surface area contributed by atoms with Crippen molar-refractivity contribution in [3.8, 4) is 28.6 Å². The third-order valence-electron chi connectivity index (χ3n) is 5.33. The first kappa shape index (κ1) is 23.8. The first-order valence-corrected chi connectivity index (χ1v) is 11.8. The van der Waals surface area contributed by atoms with Gasteiger partial charge in [-0.1, -0.05) is 57.9 Å². The van der Waals surface area contributed by atoms with Crippen molar-refractivity contribution in [2.24, 2.45) is 0 Å². The Hall–Kier alpha value is -3.30. The molecule has 0 radical (unpaired) electrons. The van der Waals surface area contributed by atoms with Gasteiger partial charge in [-0.05, 0) is 49.0 Å².